The third kappa shape index (κ3) is 5.48. The molecule has 1 aliphatic heterocycles. The number of aliphatic carboxylic acids is 1. The molecule has 1 unspecified atom stereocenters. The van der Waals surface area contributed by atoms with Gasteiger partial charge in [0.1, 0.15) is 0 Å². The minimum absolute atomic E-state index is 0.278. The van der Waals surface area contributed by atoms with Gasteiger partial charge in [0, 0.05) is 6.04 Å². The summed E-state index contributed by atoms with van der Waals surface area (Å²) in [6.45, 7) is 2.59. The van der Waals surface area contributed by atoms with Gasteiger partial charge in [0.15, 0.2) is 5.96 Å². The predicted octanol–water partition coefficient (Wildman–Crippen LogP) is -1.68. The maximum Gasteiger partial charge on any atom is 0.317 e. The number of guanidine groups is 1. The SMILES string of the molecule is CC1CN=C(N)N1.NCC(=O)O. The lowest BCUT2D eigenvalue weighted by Gasteiger charge is -1.98. The second-order valence-corrected chi connectivity index (χ2v) is 2.37. The van der Waals surface area contributed by atoms with E-state index >= 15 is 0 Å². The predicted molar refractivity (Wildman–Crippen MR) is 45.8 cm³/mol. The van der Waals surface area contributed by atoms with E-state index in [0.717, 1.165) is 6.54 Å². The van der Waals surface area contributed by atoms with Crippen molar-refractivity contribution in [3.8, 4) is 0 Å². The molecule has 0 spiro atoms. The van der Waals surface area contributed by atoms with E-state index in [4.69, 9.17) is 10.8 Å². The smallest absolute Gasteiger partial charge is 0.317 e. The molecular formula is C6H14N4O2. The van der Waals surface area contributed by atoms with E-state index in [2.05, 4.69) is 16.0 Å². The Morgan fingerprint density at radius 3 is 2.50 bits per heavy atom. The summed E-state index contributed by atoms with van der Waals surface area (Å²) in [4.78, 5) is 13.1. The topological polar surface area (TPSA) is 114 Å². The Morgan fingerprint density at radius 1 is 1.92 bits per heavy atom. The Morgan fingerprint density at radius 2 is 2.42 bits per heavy atom. The Hall–Kier alpha value is -1.30. The number of rotatable bonds is 1. The second kappa shape index (κ2) is 5.36. The monoisotopic (exact) mass is 174 g/mol. The van der Waals surface area contributed by atoms with E-state index in [1.54, 1.807) is 0 Å². The first-order valence-electron chi connectivity index (χ1n) is 3.54. The standard InChI is InChI=1S/C4H9N3.C2H5NO2/c1-3-2-6-4(5)7-3;3-1-2(4)5/h3H,2H2,1H3,(H3,5,6,7);1,3H2,(H,4,5). The first-order chi connectivity index (χ1) is 5.56. The molecule has 0 bridgehead atoms. The summed E-state index contributed by atoms with van der Waals surface area (Å²) >= 11 is 0. The quantitative estimate of drug-likeness (QED) is 0.379. The van der Waals surface area contributed by atoms with E-state index in [1.807, 2.05) is 6.92 Å². The summed E-state index contributed by atoms with van der Waals surface area (Å²) < 4.78 is 0. The number of nitrogens with two attached hydrogens (primary N) is 2. The van der Waals surface area contributed by atoms with Crippen molar-refractivity contribution in [2.75, 3.05) is 13.1 Å². The molecule has 6 N–H and O–H groups in total. The first kappa shape index (κ1) is 10.7. The summed E-state index contributed by atoms with van der Waals surface area (Å²) in [7, 11) is 0. The Balaban J connectivity index is 0.000000217. The highest BCUT2D eigenvalue weighted by Gasteiger charge is 2.06. The van der Waals surface area contributed by atoms with Crippen molar-refractivity contribution in [1.82, 2.24) is 5.32 Å². The van der Waals surface area contributed by atoms with Crippen LogP contribution in [-0.4, -0.2) is 36.2 Å². The van der Waals surface area contributed by atoms with Crippen molar-refractivity contribution >= 4 is 11.9 Å². The molecule has 1 aliphatic rings. The Bertz CT molecular complexity index is 180. The highest BCUT2D eigenvalue weighted by atomic mass is 16.4. The van der Waals surface area contributed by atoms with Gasteiger partial charge in [-0.25, -0.2) is 0 Å². The number of nitrogens with one attached hydrogen (secondary N) is 1. The van der Waals surface area contributed by atoms with Crippen molar-refractivity contribution in [2.24, 2.45) is 16.5 Å². The van der Waals surface area contributed by atoms with Gasteiger partial charge < -0.3 is 21.9 Å². The highest BCUT2D eigenvalue weighted by Crippen LogP contribution is 1.88. The van der Waals surface area contributed by atoms with Crippen LogP contribution in [0.15, 0.2) is 4.99 Å². The molecule has 0 aromatic heterocycles. The van der Waals surface area contributed by atoms with Crippen molar-refractivity contribution in [3.05, 3.63) is 0 Å². The van der Waals surface area contributed by atoms with Gasteiger partial charge in [-0.05, 0) is 6.92 Å². The molecule has 0 fully saturated rings. The Labute approximate surface area is 70.6 Å². The van der Waals surface area contributed by atoms with E-state index in [1.165, 1.54) is 0 Å². The van der Waals surface area contributed by atoms with Gasteiger partial charge in [0.25, 0.3) is 0 Å². The molecule has 0 aromatic carbocycles. The number of nitrogens with zero attached hydrogens (tertiary/aromatic N) is 1. The van der Waals surface area contributed by atoms with E-state index in [9.17, 15) is 4.79 Å². The molecule has 0 aromatic rings. The molecule has 1 atom stereocenters. The van der Waals surface area contributed by atoms with Crippen LogP contribution in [0.2, 0.25) is 0 Å². The summed E-state index contributed by atoms with van der Waals surface area (Å²) in [6, 6.07) is 0.444. The first-order valence-corrected chi connectivity index (χ1v) is 3.54. The fourth-order valence-electron chi connectivity index (χ4n) is 0.579. The van der Waals surface area contributed by atoms with Crippen LogP contribution < -0.4 is 16.8 Å². The zero-order valence-corrected chi connectivity index (χ0v) is 6.95. The van der Waals surface area contributed by atoms with Crippen LogP contribution in [0.5, 0.6) is 0 Å². The minimum atomic E-state index is -0.968. The third-order valence-electron chi connectivity index (χ3n) is 1.10. The van der Waals surface area contributed by atoms with Gasteiger partial charge in [-0.3, -0.25) is 9.79 Å². The van der Waals surface area contributed by atoms with Gasteiger partial charge in [-0.1, -0.05) is 0 Å². The fourth-order valence-corrected chi connectivity index (χ4v) is 0.579. The van der Waals surface area contributed by atoms with Crippen molar-refractivity contribution in [3.63, 3.8) is 0 Å². The van der Waals surface area contributed by atoms with E-state index < -0.39 is 5.97 Å². The minimum Gasteiger partial charge on any atom is -0.480 e. The molecule has 0 radical (unpaired) electrons. The molecule has 70 valence electrons. The average Bonchev–Trinajstić information content (AvgIpc) is 2.36. The number of carboxylic acids is 1. The molecule has 1 heterocycles. The zero-order valence-electron chi connectivity index (χ0n) is 6.95. The zero-order chi connectivity index (χ0) is 9.56. The summed E-state index contributed by atoms with van der Waals surface area (Å²) in [5.74, 6) is -0.391. The van der Waals surface area contributed by atoms with Crippen molar-refractivity contribution < 1.29 is 9.90 Å². The van der Waals surface area contributed by atoms with Crippen LogP contribution in [-0.2, 0) is 4.79 Å². The normalized spacial score (nSPS) is 20.2. The van der Waals surface area contributed by atoms with Gasteiger partial charge in [0.2, 0.25) is 0 Å². The van der Waals surface area contributed by atoms with Gasteiger partial charge >= 0.3 is 5.97 Å². The number of carbonyl (C=O) groups is 1. The molecular weight excluding hydrogens is 160 g/mol. The van der Waals surface area contributed by atoms with Crippen LogP contribution in [0.4, 0.5) is 0 Å². The van der Waals surface area contributed by atoms with Crippen LogP contribution >= 0.6 is 0 Å². The Kier molecular flexibility index (Phi) is 4.78. The highest BCUT2D eigenvalue weighted by molar-refractivity contribution is 5.79. The number of aliphatic imine (C=N–C) groups is 1. The lowest BCUT2D eigenvalue weighted by atomic mass is 10.4. The number of hydrogen-bond donors (Lipinski definition) is 4. The van der Waals surface area contributed by atoms with Gasteiger partial charge in [-0.15, -0.1) is 0 Å². The lowest BCUT2D eigenvalue weighted by molar-refractivity contribution is -0.135. The van der Waals surface area contributed by atoms with Crippen molar-refractivity contribution in [2.45, 2.75) is 13.0 Å². The van der Waals surface area contributed by atoms with Gasteiger partial charge in [-0.2, -0.15) is 0 Å². The van der Waals surface area contributed by atoms with Gasteiger partial charge in [0.05, 0.1) is 13.1 Å². The number of carboxylic acid groups (broad SMARTS) is 1. The summed E-state index contributed by atoms with van der Waals surface area (Å²) in [6.07, 6.45) is 0. The maximum absolute atomic E-state index is 9.24. The van der Waals surface area contributed by atoms with E-state index in [0.29, 0.717) is 12.0 Å². The van der Waals surface area contributed by atoms with Crippen LogP contribution in [0, 0.1) is 0 Å². The molecule has 0 amide bonds. The molecule has 6 heteroatoms. The van der Waals surface area contributed by atoms with Crippen LogP contribution in [0.25, 0.3) is 0 Å². The second-order valence-electron chi connectivity index (χ2n) is 2.37. The lowest BCUT2D eigenvalue weighted by Crippen LogP contribution is -2.32. The molecule has 0 saturated heterocycles. The van der Waals surface area contributed by atoms with Crippen molar-refractivity contribution in [1.29, 1.82) is 0 Å². The van der Waals surface area contributed by atoms with E-state index in [-0.39, 0.29) is 6.54 Å². The summed E-state index contributed by atoms with van der Waals surface area (Å²) in [5.41, 5.74) is 9.84. The fraction of sp³-hybridized carbons (Fsp3) is 0.667. The molecule has 1 rings (SSSR count). The molecule has 0 aliphatic carbocycles. The largest absolute Gasteiger partial charge is 0.480 e. The summed E-state index contributed by atoms with van der Waals surface area (Å²) in [5, 5.41) is 10.5. The van der Waals surface area contributed by atoms with Crippen LogP contribution in [0.3, 0.4) is 0 Å². The maximum atomic E-state index is 9.24. The number of hydrogen-bond acceptors (Lipinski definition) is 5. The average molecular weight is 174 g/mol. The third-order valence-corrected chi connectivity index (χ3v) is 1.10. The van der Waals surface area contributed by atoms with Crippen LogP contribution in [0.1, 0.15) is 6.92 Å². The molecule has 6 nitrogen and oxygen atoms in total. The molecule has 0 saturated carbocycles. The molecule has 12 heavy (non-hydrogen) atoms.